The molecule has 0 fully saturated rings. The first-order valence-corrected chi connectivity index (χ1v) is 13.7. The number of halogens is 1. The molecule has 2 bridgehead atoms. The Hall–Kier alpha value is -4.08. The number of ether oxygens (including phenoxy) is 4. The average Bonchev–Trinajstić information content (AvgIpc) is 3.24. The zero-order chi connectivity index (χ0) is 28.0. The third-order valence-electron chi connectivity index (χ3n) is 7.13. The fourth-order valence-electron chi connectivity index (χ4n) is 5.30. The van der Waals surface area contributed by atoms with Crippen molar-refractivity contribution < 1.29 is 23.7 Å². The highest BCUT2D eigenvalue weighted by molar-refractivity contribution is 7.07. The van der Waals surface area contributed by atoms with E-state index in [9.17, 15) is 9.59 Å². The topological polar surface area (TPSA) is 88.4 Å². The minimum atomic E-state index is -1.22. The summed E-state index contributed by atoms with van der Waals surface area (Å²) in [5.41, 5.74) is 0.874. The van der Waals surface area contributed by atoms with Gasteiger partial charge in [-0.1, -0.05) is 53.3 Å². The maximum atomic E-state index is 13.9. The van der Waals surface area contributed by atoms with Gasteiger partial charge in [-0.15, -0.1) is 0 Å². The van der Waals surface area contributed by atoms with Crippen LogP contribution in [0.5, 0.6) is 17.2 Å². The molecule has 3 atom stereocenters. The van der Waals surface area contributed by atoms with Crippen molar-refractivity contribution in [3.8, 4) is 17.2 Å². The molecule has 0 saturated heterocycles. The van der Waals surface area contributed by atoms with E-state index in [1.165, 1.54) is 18.4 Å². The van der Waals surface area contributed by atoms with Gasteiger partial charge in [-0.3, -0.25) is 14.2 Å². The fourth-order valence-corrected chi connectivity index (χ4v) is 6.58. The van der Waals surface area contributed by atoms with Crippen LogP contribution in [0.4, 0.5) is 0 Å². The molecule has 1 aromatic heterocycles. The lowest BCUT2D eigenvalue weighted by molar-refractivity contribution is -0.158. The largest absolute Gasteiger partial charge is 0.496 e. The number of benzene rings is 3. The van der Waals surface area contributed by atoms with Crippen LogP contribution in [-0.4, -0.2) is 30.5 Å². The minimum Gasteiger partial charge on any atom is -0.496 e. The number of esters is 1. The van der Waals surface area contributed by atoms with Gasteiger partial charge in [-0.25, -0.2) is 4.99 Å². The zero-order valence-corrected chi connectivity index (χ0v) is 23.5. The predicted octanol–water partition coefficient (Wildman–Crippen LogP) is 4.10. The van der Waals surface area contributed by atoms with Gasteiger partial charge in [0.1, 0.15) is 29.8 Å². The Morgan fingerprint density at radius 2 is 1.98 bits per heavy atom. The van der Waals surface area contributed by atoms with Crippen LogP contribution >= 0.6 is 22.9 Å². The molecular weight excluding hydrogens is 552 g/mol. The first kappa shape index (κ1) is 26.2. The van der Waals surface area contributed by atoms with Crippen molar-refractivity contribution in [2.75, 3.05) is 14.2 Å². The number of hydrogen-bond donors (Lipinski definition) is 0. The van der Waals surface area contributed by atoms with E-state index in [0.29, 0.717) is 31.6 Å². The molecule has 0 saturated carbocycles. The van der Waals surface area contributed by atoms with Crippen molar-refractivity contribution in [2.45, 2.75) is 25.3 Å². The molecule has 0 N–H and O–H groups in total. The van der Waals surface area contributed by atoms with Crippen molar-refractivity contribution in [2.24, 2.45) is 10.9 Å². The van der Waals surface area contributed by atoms with Gasteiger partial charge in [0.2, 0.25) is 5.72 Å². The van der Waals surface area contributed by atoms with E-state index in [2.05, 4.69) is 0 Å². The van der Waals surface area contributed by atoms with E-state index in [-0.39, 0.29) is 12.2 Å². The fraction of sp³-hybridized carbons (Fsp3) is 0.233. The number of thiazole rings is 1. The second kappa shape index (κ2) is 10.1. The Bertz CT molecular complexity index is 1820. The third kappa shape index (κ3) is 4.45. The molecule has 2 aliphatic heterocycles. The summed E-state index contributed by atoms with van der Waals surface area (Å²) in [7, 11) is 2.93. The Kier molecular flexibility index (Phi) is 6.64. The maximum Gasteiger partial charge on any atom is 0.317 e. The molecule has 0 radical (unpaired) electrons. The van der Waals surface area contributed by atoms with Crippen LogP contribution in [0.2, 0.25) is 5.02 Å². The van der Waals surface area contributed by atoms with E-state index < -0.39 is 23.7 Å². The van der Waals surface area contributed by atoms with Gasteiger partial charge in [0.25, 0.3) is 5.56 Å². The molecule has 0 spiro atoms. The van der Waals surface area contributed by atoms with Crippen molar-refractivity contribution in [1.82, 2.24) is 4.57 Å². The monoisotopic (exact) mass is 576 g/mol. The van der Waals surface area contributed by atoms with Crippen LogP contribution in [-0.2, 0) is 16.1 Å². The van der Waals surface area contributed by atoms with E-state index in [1.807, 2.05) is 60.7 Å². The highest BCUT2D eigenvalue weighted by atomic mass is 35.5. The van der Waals surface area contributed by atoms with Crippen LogP contribution < -0.4 is 29.1 Å². The van der Waals surface area contributed by atoms with Gasteiger partial charge in [0.15, 0.2) is 4.80 Å². The Labute approximate surface area is 238 Å². The summed E-state index contributed by atoms with van der Waals surface area (Å²) in [6.45, 7) is 2.00. The van der Waals surface area contributed by atoms with Gasteiger partial charge in [-0.2, -0.15) is 0 Å². The van der Waals surface area contributed by atoms with E-state index in [0.717, 1.165) is 16.7 Å². The number of carbonyl (C=O) groups excluding carboxylic acids is 1. The minimum absolute atomic E-state index is 0.242. The molecule has 0 unspecified atom stereocenters. The number of carbonyl (C=O) groups is 1. The molecule has 2 aliphatic rings. The van der Waals surface area contributed by atoms with Crippen molar-refractivity contribution in [3.63, 3.8) is 0 Å². The lowest BCUT2D eigenvalue weighted by Crippen LogP contribution is -2.58. The van der Waals surface area contributed by atoms with E-state index in [4.69, 9.17) is 35.5 Å². The summed E-state index contributed by atoms with van der Waals surface area (Å²) in [4.78, 5) is 32.1. The van der Waals surface area contributed by atoms with Crippen LogP contribution in [0.25, 0.3) is 6.08 Å². The lowest BCUT2D eigenvalue weighted by Gasteiger charge is -2.44. The van der Waals surface area contributed by atoms with Gasteiger partial charge in [-0.05, 0) is 55.0 Å². The summed E-state index contributed by atoms with van der Waals surface area (Å²) in [5, 5.41) is 0.583. The smallest absolute Gasteiger partial charge is 0.317 e. The maximum absolute atomic E-state index is 13.9. The summed E-state index contributed by atoms with van der Waals surface area (Å²) in [6, 6.07) is 19.6. The molecule has 0 aliphatic carbocycles. The molecule has 6 rings (SSSR count). The number of fused-ring (bicyclic) bond motifs is 6. The summed E-state index contributed by atoms with van der Waals surface area (Å²) in [5.74, 6) is 0.577. The van der Waals surface area contributed by atoms with Gasteiger partial charge in [0.05, 0.1) is 24.8 Å². The molecule has 204 valence electrons. The number of rotatable bonds is 6. The van der Waals surface area contributed by atoms with Crippen LogP contribution in [0.15, 0.2) is 76.5 Å². The highest BCUT2D eigenvalue weighted by Crippen LogP contribution is 2.47. The summed E-state index contributed by atoms with van der Waals surface area (Å²) >= 11 is 7.34. The van der Waals surface area contributed by atoms with E-state index >= 15 is 0 Å². The molecule has 0 amide bonds. The van der Waals surface area contributed by atoms with Gasteiger partial charge < -0.3 is 18.9 Å². The Morgan fingerprint density at radius 1 is 1.15 bits per heavy atom. The molecule has 40 heavy (non-hydrogen) atoms. The first-order chi connectivity index (χ1) is 19.3. The van der Waals surface area contributed by atoms with E-state index in [1.54, 1.807) is 30.7 Å². The van der Waals surface area contributed by atoms with Crippen LogP contribution in [0.3, 0.4) is 0 Å². The van der Waals surface area contributed by atoms with Crippen LogP contribution in [0.1, 0.15) is 29.7 Å². The van der Waals surface area contributed by atoms with Gasteiger partial charge >= 0.3 is 5.97 Å². The number of nitrogens with zero attached hydrogens (tertiary/aromatic N) is 2. The number of hydrogen-bond acceptors (Lipinski definition) is 8. The molecule has 3 aromatic carbocycles. The van der Waals surface area contributed by atoms with Crippen molar-refractivity contribution >= 4 is 35.0 Å². The lowest BCUT2D eigenvalue weighted by atomic mass is 9.81. The molecular formula is C30H25ClN2O6S. The Balaban J connectivity index is 1.44. The normalized spacial score (nSPS) is 20.9. The van der Waals surface area contributed by atoms with Crippen molar-refractivity contribution in [1.29, 1.82) is 0 Å². The SMILES string of the molecule is COC(=O)[C@@H]1[C@H]2c3ccccc3O[C@@]1(C)N=c1s/c(=C/c3ccc(OC)c(COc4cccc(Cl)c4)c3)c(=O)n12. The number of para-hydroxylation sites is 1. The van der Waals surface area contributed by atoms with Gasteiger partial charge in [0, 0.05) is 16.1 Å². The average molecular weight is 577 g/mol. The summed E-state index contributed by atoms with van der Waals surface area (Å²) < 4.78 is 24.9. The number of aromatic nitrogens is 1. The standard InChI is InChI=1S/C30H25ClN2O6S/c1-30-25(28(35)37-3)26(21-9-4-5-10-23(21)39-30)33-27(34)24(40-29(33)32-30)14-17-11-12-22(36-2)18(13-17)16-38-20-8-6-7-19(31)15-20/h4-15,25-26H,16H2,1-3H3/b24-14+/t25-,26+,30+/m0/s1. The number of methoxy groups -OCH3 is 2. The summed E-state index contributed by atoms with van der Waals surface area (Å²) in [6.07, 6.45) is 1.81. The zero-order valence-electron chi connectivity index (χ0n) is 21.9. The molecule has 8 nitrogen and oxygen atoms in total. The second-order valence-corrected chi connectivity index (χ2v) is 11.1. The second-order valence-electron chi connectivity index (χ2n) is 9.64. The first-order valence-electron chi connectivity index (χ1n) is 12.6. The van der Waals surface area contributed by atoms with Crippen molar-refractivity contribution in [3.05, 3.63) is 108 Å². The predicted molar refractivity (Wildman–Crippen MR) is 151 cm³/mol. The Morgan fingerprint density at radius 3 is 2.75 bits per heavy atom. The molecule has 4 aromatic rings. The highest BCUT2D eigenvalue weighted by Gasteiger charge is 2.55. The third-order valence-corrected chi connectivity index (χ3v) is 8.35. The quantitative estimate of drug-likeness (QED) is 0.321. The molecule has 10 heteroatoms. The molecule has 3 heterocycles. The van der Waals surface area contributed by atoms with Crippen LogP contribution in [0, 0.1) is 5.92 Å².